The fourth-order valence-electron chi connectivity index (χ4n) is 4.34. The SMILES string of the molecule is NC(=NC(c1ccccc1)(c1ccccc1)c1ccccc1)[C@@H]1C[C@H]1c1cnc[nH]1. The van der Waals surface area contributed by atoms with Gasteiger partial charge in [0.1, 0.15) is 5.54 Å². The molecule has 1 saturated carbocycles. The van der Waals surface area contributed by atoms with Gasteiger partial charge in [-0.2, -0.15) is 0 Å². The Labute approximate surface area is 176 Å². The van der Waals surface area contributed by atoms with Crippen LogP contribution in [-0.4, -0.2) is 15.8 Å². The van der Waals surface area contributed by atoms with Crippen molar-refractivity contribution in [2.45, 2.75) is 17.9 Å². The van der Waals surface area contributed by atoms with E-state index in [2.05, 4.69) is 82.8 Å². The fraction of sp³-hybridized carbons (Fsp3) is 0.154. The first kappa shape index (κ1) is 18.4. The van der Waals surface area contributed by atoms with Crippen molar-refractivity contribution >= 4 is 5.84 Å². The number of rotatable bonds is 6. The van der Waals surface area contributed by atoms with Crippen LogP contribution in [0, 0.1) is 5.92 Å². The van der Waals surface area contributed by atoms with Crippen molar-refractivity contribution in [3.63, 3.8) is 0 Å². The summed E-state index contributed by atoms with van der Waals surface area (Å²) in [6, 6.07) is 31.3. The van der Waals surface area contributed by atoms with E-state index in [0.29, 0.717) is 11.8 Å². The highest BCUT2D eigenvalue weighted by Gasteiger charge is 2.45. The summed E-state index contributed by atoms with van der Waals surface area (Å²) in [5.41, 5.74) is 10.4. The third kappa shape index (κ3) is 3.20. The minimum absolute atomic E-state index is 0.223. The number of aliphatic imine (C=N–C) groups is 1. The molecule has 5 rings (SSSR count). The van der Waals surface area contributed by atoms with Crippen molar-refractivity contribution in [1.82, 2.24) is 9.97 Å². The minimum Gasteiger partial charge on any atom is -0.387 e. The maximum Gasteiger partial charge on any atom is 0.138 e. The van der Waals surface area contributed by atoms with E-state index in [4.69, 9.17) is 10.7 Å². The van der Waals surface area contributed by atoms with Crippen LogP contribution in [0.15, 0.2) is 109 Å². The third-order valence-electron chi connectivity index (χ3n) is 5.96. The van der Waals surface area contributed by atoms with Crippen LogP contribution >= 0.6 is 0 Å². The van der Waals surface area contributed by atoms with Crippen molar-refractivity contribution in [2.24, 2.45) is 16.6 Å². The second-order valence-corrected chi connectivity index (χ2v) is 7.80. The average molecular weight is 393 g/mol. The molecule has 0 spiro atoms. The average Bonchev–Trinajstić information content (AvgIpc) is 3.44. The van der Waals surface area contributed by atoms with Gasteiger partial charge < -0.3 is 10.7 Å². The summed E-state index contributed by atoms with van der Waals surface area (Å²) in [5.74, 6) is 1.27. The van der Waals surface area contributed by atoms with E-state index < -0.39 is 5.54 Å². The fourth-order valence-corrected chi connectivity index (χ4v) is 4.34. The molecular formula is C26H24N4. The molecule has 3 N–H and O–H groups in total. The number of nitrogens with two attached hydrogens (primary N) is 1. The quantitative estimate of drug-likeness (QED) is 0.279. The Balaban J connectivity index is 1.68. The molecule has 4 heteroatoms. The van der Waals surface area contributed by atoms with Crippen LogP contribution in [0.2, 0.25) is 0 Å². The number of aromatic amines is 1. The van der Waals surface area contributed by atoms with E-state index in [1.54, 1.807) is 6.33 Å². The number of aromatic nitrogens is 2. The maximum atomic E-state index is 6.69. The Hall–Kier alpha value is -3.66. The number of imidazole rings is 1. The van der Waals surface area contributed by atoms with Gasteiger partial charge in [0.2, 0.25) is 0 Å². The van der Waals surface area contributed by atoms with Crippen LogP contribution in [0.3, 0.4) is 0 Å². The summed E-state index contributed by atoms with van der Waals surface area (Å²) in [6.07, 6.45) is 4.60. The highest BCUT2D eigenvalue weighted by atomic mass is 15.0. The van der Waals surface area contributed by atoms with Crippen LogP contribution in [0.1, 0.15) is 34.7 Å². The van der Waals surface area contributed by atoms with Crippen LogP contribution in [0.5, 0.6) is 0 Å². The lowest BCUT2D eigenvalue weighted by Gasteiger charge is -2.32. The molecule has 1 aromatic heterocycles. The number of hydrogen-bond donors (Lipinski definition) is 2. The van der Waals surface area contributed by atoms with Gasteiger partial charge in [-0.15, -0.1) is 0 Å². The number of nitrogens with one attached hydrogen (secondary N) is 1. The third-order valence-corrected chi connectivity index (χ3v) is 5.96. The van der Waals surface area contributed by atoms with Gasteiger partial charge in [0.25, 0.3) is 0 Å². The Bertz CT molecular complexity index is 1020. The smallest absolute Gasteiger partial charge is 0.138 e. The molecule has 4 nitrogen and oxygen atoms in total. The van der Waals surface area contributed by atoms with E-state index in [1.165, 1.54) is 0 Å². The van der Waals surface area contributed by atoms with Crippen molar-refractivity contribution in [1.29, 1.82) is 0 Å². The first-order valence-electron chi connectivity index (χ1n) is 10.3. The maximum absolute atomic E-state index is 6.69. The Kier molecular flexibility index (Phi) is 4.68. The second kappa shape index (κ2) is 7.64. The van der Waals surface area contributed by atoms with E-state index >= 15 is 0 Å². The number of benzene rings is 3. The van der Waals surface area contributed by atoms with E-state index in [1.807, 2.05) is 24.4 Å². The lowest BCUT2D eigenvalue weighted by Crippen LogP contribution is -2.31. The predicted octanol–water partition coefficient (Wildman–Crippen LogP) is 4.86. The molecule has 0 aliphatic heterocycles. The monoisotopic (exact) mass is 392 g/mol. The van der Waals surface area contributed by atoms with Gasteiger partial charge in [0.15, 0.2) is 0 Å². The normalized spacial score (nSPS) is 18.9. The number of amidine groups is 1. The van der Waals surface area contributed by atoms with Crippen molar-refractivity contribution < 1.29 is 0 Å². The van der Waals surface area contributed by atoms with Gasteiger partial charge >= 0.3 is 0 Å². The van der Waals surface area contributed by atoms with E-state index in [9.17, 15) is 0 Å². The summed E-state index contributed by atoms with van der Waals surface area (Å²) < 4.78 is 0. The molecule has 1 heterocycles. The molecule has 1 fully saturated rings. The summed E-state index contributed by atoms with van der Waals surface area (Å²) in [7, 11) is 0. The van der Waals surface area contributed by atoms with Gasteiger partial charge in [0.05, 0.1) is 12.2 Å². The highest BCUT2D eigenvalue weighted by molar-refractivity contribution is 5.87. The van der Waals surface area contributed by atoms with Crippen molar-refractivity contribution in [3.05, 3.63) is 126 Å². The molecule has 0 saturated heterocycles. The van der Waals surface area contributed by atoms with Gasteiger partial charge in [0, 0.05) is 23.7 Å². The van der Waals surface area contributed by atoms with Gasteiger partial charge in [-0.25, -0.2) is 4.98 Å². The Morgan fingerprint density at radius 3 is 1.77 bits per heavy atom. The van der Waals surface area contributed by atoms with Crippen LogP contribution in [0.4, 0.5) is 0 Å². The molecule has 2 atom stereocenters. The van der Waals surface area contributed by atoms with Gasteiger partial charge in [-0.3, -0.25) is 4.99 Å². The summed E-state index contributed by atoms with van der Waals surface area (Å²) in [5, 5.41) is 0. The topological polar surface area (TPSA) is 67.1 Å². The molecular weight excluding hydrogens is 368 g/mol. The van der Waals surface area contributed by atoms with Crippen molar-refractivity contribution in [2.75, 3.05) is 0 Å². The number of nitrogens with zero attached hydrogens (tertiary/aromatic N) is 2. The zero-order valence-corrected chi connectivity index (χ0v) is 16.6. The summed E-state index contributed by atoms with van der Waals surface area (Å²) >= 11 is 0. The Morgan fingerprint density at radius 1 is 0.833 bits per heavy atom. The molecule has 148 valence electrons. The number of hydrogen-bond acceptors (Lipinski definition) is 2. The van der Waals surface area contributed by atoms with Crippen LogP contribution in [0.25, 0.3) is 0 Å². The summed E-state index contributed by atoms with van der Waals surface area (Å²) in [4.78, 5) is 12.7. The zero-order chi connectivity index (χ0) is 20.4. The zero-order valence-electron chi connectivity index (χ0n) is 16.6. The standard InChI is InChI=1S/C26H24N4/c27-25(23-16-22(23)24-17-28-18-29-24)30-26(19-10-4-1-5-11-19,20-12-6-2-7-13-20)21-14-8-3-9-15-21/h1-15,17-18,22-23H,16H2,(H2,27,30)(H,28,29)/t22-,23-/m1/s1. The van der Waals surface area contributed by atoms with Gasteiger partial charge in [-0.05, 0) is 23.1 Å². The molecule has 0 bridgehead atoms. The first-order chi connectivity index (χ1) is 14.8. The van der Waals surface area contributed by atoms with Crippen molar-refractivity contribution in [3.8, 4) is 0 Å². The van der Waals surface area contributed by atoms with E-state index in [-0.39, 0.29) is 5.92 Å². The van der Waals surface area contributed by atoms with E-state index in [0.717, 1.165) is 28.8 Å². The Morgan fingerprint density at radius 2 is 1.33 bits per heavy atom. The van der Waals surface area contributed by atoms with Gasteiger partial charge in [-0.1, -0.05) is 91.0 Å². The highest BCUT2D eigenvalue weighted by Crippen LogP contribution is 2.48. The minimum atomic E-state index is -0.699. The van der Waals surface area contributed by atoms with Crippen LogP contribution < -0.4 is 5.73 Å². The second-order valence-electron chi connectivity index (χ2n) is 7.80. The molecule has 30 heavy (non-hydrogen) atoms. The molecule has 0 unspecified atom stereocenters. The molecule has 3 aromatic carbocycles. The lowest BCUT2D eigenvalue weighted by atomic mass is 9.77. The largest absolute Gasteiger partial charge is 0.387 e. The molecule has 0 radical (unpaired) electrons. The molecule has 1 aliphatic carbocycles. The first-order valence-corrected chi connectivity index (χ1v) is 10.3. The molecule has 1 aliphatic rings. The van der Waals surface area contributed by atoms with Crippen LogP contribution in [-0.2, 0) is 5.54 Å². The summed E-state index contributed by atoms with van der Waals surface area (Å²) in [6.45, 7) is 0. The molecule has 0 amide bonds. The predicted molar refractivity (Wildman–Crippen MR) is 120 cm³/mol. The lowest BCUT2D eigenvalue weighted by molar-refractivity contribution is 0.650. The molecule has 4 aromatic rings. The number of H-pyrrole nitrogens is 1.